The van der Waals surface area contributed by atoms with E-state index in [4.69, 9.17) is 11.6 Å². The van der Waals surface area contributed by atoms with E-state index in [1.807, 2.05) is 13.8 Å². The Hall–Kier alpha value is -0.500. The molecule has 0 amide bonds. The lowest BCUT2D eigenvalue weighted by Gasteiger charge is -1.86. The summed E-state index contributed by atoms with van der Waals surface area (Å²) in [5.74, 6) is 1.62. The molecule has 1 aromatic heterocycles. The Labute approximate surface area is 65.6 Å². The van der Waals surface area contributed by atoms with Crippen molar-refractivity contribution in [3.8, 4) is 0 Å². The normalized spacial score (nSPS) is 10.3. The van der Waals surface area contributed by atoms with Crippen molar-refractivity contribution in [1.82, 2.24) is 9.97 Å². The van der Waals surface area contributed by atoms with Crippen molar-refractivity contribution >= 4 is 11.6 Å². The van der Waals surface area contributed by atoms with Gasteiger partial charge in [-0.2, -0.15) is 0 Å². The van der Waals surface area contributed by atoms with Gasteiger partial charge in [0.1, 0.15) is 5.82 Å². The molecule has 0 saturated heterocycles. The van der Waals surface area contributed by atoms with Crippen molar-refractivity contribution in [1.29, 1.82) is 0 Å². The zero-order valence-corrected chi connectivity index (χ0v) is 7.00. The van der Waals surface area contributed by atoms with Crippen LogP contribution in [0, 0.1) is 13.8 Å². The smallest absolute Gasteiger partial charge is 0.107 e. The highest BCUT2D eigenvalue weighted by Gasteiger charge is 1.99. The van der Waals surface area contributed by atoms with Gasteiger partial charge in [0.15, 0.2) is 0 Å². The van der Waals surface area contributed by atoms with Crippen LogP contribution in [0.1, 0.15) is 17.2 Å². The lowest BCUT2D eigenvalue weighted by Crippen LogP contribution is -1.87. The first-order chi connectivity index (χ1) is 4.74. The number of halogens is 1. The largest absolute Gasteiger partial charge is 0.346 e. The van der Waals surface area contributed by atoms with E-state index in [0.717, 1.165) is 23.6 Å². The minimum Gasteiger partial charge on any atom is -0.346 e. The molecule has 0 fully saturated rings. The van der Waals surface area contributed by atoms with E-state index in [1.54, 1.807) is 0 Å². The fraction of sp³-hybridized carbons (Fsp3) is 0.571. The Morgan fingerprint density at radius 1 is 1.50 bits per heavy atom. The maximum Gasteiger partial charge on any atom is 0.107 e. The molecule has 2 nitrogen and oxygen atoms in total. The van der Waals surface area contributed by atoms with Gasteiger partial charge in [-0.1, -0.05) is 0 Å². The molecule has 1 heterocycles. The van der Waals surface area contributed by atoms with Crippen molar-refractivity contribution in [2.75, 3.05) is 5.88 Å². The summed E-state index contributed by atoms with van der Waals surface area (Å²) < 4.78 is 0. The molecule has 0 spiro atoms. The molecule has 0 aliphatic heterocycles. The van der Waals surface area contributed by atoms with Crippen LogP contribution in [-0.2, 0) is 6.42 Å². The Kier molecular flexibility index (Phi) is 2.33. The van der Waals surface area contributed by atoms with E-state index in [2.05, 4.69) is 9.97 Å². The first kappa shape index (κ1) is 7.61. The van der Waals surface area contributed by atoms with Gasteiger partial charge in [0.2, 0.25) is 0 Å². The zero-order valence-electron chi connectivity index (χ0n) is 6.24. The molecule has 0 aliphatic rings. The molecule has 0 atom stereocenters. The quantitative estimate of drug-likeness (QED) is 0.654. The first-order valence-corrected chi connectivity index (χ1v) is 3.85. The van der Waals surface area contributed by atoms with Crippen LogP contribution in [0.3, 0.4) is 0 Å². The maximum absolute atomic E-state index is 5.54. The Bertz CT molecular complexity index is 198. The van der Waals surface area contributed by atoms with Crippen molar-refractivity contribution in [2.45, 2.75) is 20.3 Å². The number of aryl methyl sites for hydroxylation is 3. The third-order valence-corrected chi connectivity index (χ3v) is 1.70. The number of hydrogen-bond donors (Lipinski definition) is 1. The molecule has 0 bridgehead atoms. The number of nitrogens with one attached hydrogen (secondary N) is 1. The molecular formula is C7H11ClN2. The van der Waals surface area contributed by atoms with E-state index in [-0.39, 0.29) is 0 Å². The molecule has 1 N–H and O–H groups in total. The minimum atomic E-state index is 0.631. The van der Waals surface area contributed by atoms with Crippen molar-refractivity contribution in [3.05, 3.63) is 17.2 Å². The monoisotopic (exact) mass is 158 g/mol. The summed E-state index contributed by atoms with van der Waals surface area (Å²) in [5.41, 5.74) is 2.21. The fourth-order valence-electron chi connectivity index (χ4n) is 0.829. The Balaban J connectivity index is 2.77. The molecule has 0 saturated carbocycles. The highest BCUT2D eigenvalue weighted by Crippen LogP contribution is 2.03. The predicted octanol–water partition coefficient (Wildman–Crippen LogP) is 1.81. The molecule has 10 heavy (non-hydrogen) atoms. The summed E-state index contributed by atoms with van der Waals surface area (Å²) in [7, 11) is 0. The Morgan fingerprint density at radius 3 is 2.60 bits per heavy atom. The van der Waals surface area contributed by atoms with Gasteiger partial charge in [0, 0.05) is 18.0 Å². The summed E-state index contributed by atoms with van der Waals surface area (Å²) in [6.07, 6.45) is 0.830. The van der Waals surface area contributed by atoms with Crippen molar-refractivity contribution in [3.63, 3.8) is 0 Å². The number of rotatable bonds is 2. The number of H-pyrrole nitrogens is 1. The van der Waals surface area contributed by atoms with Gasteiger partial charge in [-0.3, -0.25) is 0 Å². The molecule has 0 radical (unpaired) electrons. The van der Waals surface area contributed by atoms with E-state index in [1.165, 1.54) is 0 Å². The maximum atomic E-state index is 5.54. The van der Waals surface area contributed by atoms with Gasteiger partial charge in [-0.25, -0.2) is 4.98 Å². The number of aromatic amines is 1. The lowest BCUT2D eigenvalue weighted by atomic mass is 10.4. The number of hydrogen-bond acceptors (Lipinski definition) is 1. The molecule has 0 aliphatic carbocycles. The van der Waals surface area contributed by atoms with Crippen LogP contribution in [0.25, 0.3) is 0 Å². The third kappa shape index (κ3) is 1.51. The number of alkyl halides is 1. The second kappa shape index (κ2) is 3.06. The average molecular weight is 159 g/mol. The van der Waals surface area contributed by atoms with Gasteiger partial charge in [-0.15, -0.1) is 11.6 Å². The number of aromatic nitrogens is 2. The number of imidazole rings is 1. The molecular weight excluding hydrogens is 148 g/mol. The number of nitrogens with zero attached hydrogens (tertiary/aromatic N) is 1. The van der Waals surface area contributed by atoms with Gasteiger partial charge >= 0.3 is 0 Å². The minimum absolute atomic E-state index is 0.631. The van der Waals surface area contributed by atoms with Crippen molar-refractivity contribution in [2.24, 2.45) is 0 Å². The average Bonchev–Trinajstić information content (AvgIpc) is 2.14. The van der Waals surface area contributed by atoms with Crippen LogP contribution in [0.5, 0.6) is 0 Å². The van der Waals surface area contributed by atoms with Crippen LogP contribution >= 0.6 is 11.6 Å². The van der Waals surface area contributed by atoms with Crippen LogP contribution in [0.2, 0.25) is 0 Å². The second-order valence-electron chi connectivity index (χ2n) is 2.33. The molecule has 1 rings (SSSR count). The highest BCUT2D eigenvalue weighted by molar-refractivity contribution is 6.17. The van der Waals surface area contributed by atoms with Gasteiger partial charge in [0.05, 0.1) is 5.69 Å². The SMILES string of the molecule is Cc1nc(CCCl)[nH]c1C. The Morgan fingerprint density at radius 2 is 2.20 bits per heavy atom. The van der Waals surface area contributed by atoms with Crippen molar-refractivity contribution < 1.29 is 0 Å². The topological polar surface area (TPSA) is 28.7 Å². The summed E-state index contributed by atoms with van der Waals surface area (Å²) in [5, 5.41) is 0. The van der Waals surface area contributed by atoms with Crippen LogP contribution < -0.4 is 0 Å². The summed E-state index contributed by atoms with van der Waals surface area (Å²) >= 11 is 5.54. The van der Waals surface area contributed by atoms with Crippen LogP contribution in [0.4, 0.5) is 0 Å². The molecule has 1 aromatic rings. The van der Waals surface area contributed by atoms with E-state index < -0.39 is 0 Å². The zero-order chi connectivity index (χ0) is 7.56. The fourth-order valence-corrected chi connectivity index (χ4v) is 1.01. The molecule has 3 heteroatoms. The highest BCUT2D eigenvalue weighted by atomic mass is 35.5. The van der Waals surface area contributed by atoms with E-state index >= 15 is 0 Å². The van der Waals surface area contributed by atoms with E-state index in [9.17, 15) is 0 Å². The first-order valence-electron chi connectivity index (χ1n) is 3.32. The van der Waals surface area contributed by atoms with Crippen LogP contribution in [-0.4, -0.2) is 15.8 Å². The summed E-state index contributed by atoms with van der Waals surface area (Å²) in [4.78, 5) is 7.41. The van der Waals surface area contributed by atoms with Gasteiger partial charge in [-0.05, 0) is 13.8 Å². The summed E-state index contributed by atoms with van der Waals surface area (Å²) in [6, 6.07) is 0. The predicted molar refractivity (Wildman–Crippen MR) is 42.5 cm³/mol. The van der Waals surface area contributed by atoms with Gasteiger partial charge < -0.3 is 4.98 Å². The molecule has 0 aromatic carbocycles. The standard InChI is InChI=1S/C7H11ClN2/c1-5-6(2)10-7(9-5)3-4-8/h3-4H2,1-2H3,(H,9,10). The molecule has 56 valence electrons. The van der Waals surface area contributed by atoms with E-state index in [0.29, 0.717) is 5.88 Å². The van der Waals surface area contributed by atoms with Crippen LogP contribution in [0.15, 0.2) is 0 Å². The second-order valence-corrected chi connectivity index (χ2v) is 2.71. The summed E-state index contributed by atoms with van der Waals surface area (Å²) in [6.45, 7) is 4.00. The molecule has 0 unspecified atom stereocenters. The lowest BCUT2D eigenvalue weighted by molar-refractivity contribution is 0.983. The third-order valence-electron chi connectivity index (χ3n) is 1.51. The van der Waals surface area contributed by atoms with Gasteiger partial charge in [0.25, 0.3) is 0 Å².